The number of nitro benzene ring substituents is 1. The van der Waals surface area contributed by atoms with Crippen molar-refractivity contribution in [1.82, 2.24) is 10.7 Å². The molecule has 0 fully saturated rings. The lowest BCUT2D eigenvalue weighted by molar-refractivity contribution is -0.385. The molecule has 2 amide bonds. The lowest BCUT2D eigenvalue weighted by Gasteiger charge is -2.10. The lowest BCUT2D eigenvalue weighted by atomic mass is 10.1. The second-order valence-corrected chi connectivity index (χ2v) is 5.19. The van der Waals surface area contributed by atoms with Crippen LogP contribution in [0.4, 0.5) is 5.69 Å². The van der Waals surface area contributed by atoms with Crippen LogP contribution in [0, 0.1) is 10.1 Å². The Hall–Kier alpha value is -3.23. The molecule has 0 spiro atoms. The van der Waals surface area contributed by atoms with Gasteiger partial charge in [0.15, 0.2) is 0 Å². The first-order chi connectivity index (χ1) is 11.9. The summed E-state index contributed by atoms with van der Waals surface area (Å²) in [5.74, 6) is 3.64. The Morgan fingerprint density at radius 3 is 2.40 bits per heavy atom. The third kappa shape index (κ3) is 4.40. The molecule has 4 N–H and O–H groups in total. The highest BCUT2D eigenvalue weighted by atomic mass is 35.5. The van der Waals surface area contributed by atoms with Gasteiger partial charge in [0.2, 0.25) is 0 Å². The molecule has 8 nitrogen and oxygen atoms in total. The van der Waals surface area contributed by atoms with Crippen LogP contribution in [0.1, 0.15) is 15.9 Å². The SMILES string of the molecule is NNC(=O)/C(=C/c1ccccc1[N+](=O)[O-])NC(=O)c1ccccc1Cl. The third-order valence-electron chi connectivity index (χ3n) is 3.18. The molecule has 0 atom stereocenters. The number of hydrazine groups is 1. The third-order valence-corrected chi connectivity index (χ3v) is 3.51. The van der Waals surface area contributed by atoms with Gasteiger partial charge >= 0.3 is 0 Å². The lowest BCUT2D eigenvalue weighted by Crippen LogP contribution is -2.38. The molecule has 0 heterocycles. The second-order valence-electron chi connectivity index (χ2n) is 4.78. The fourth-order valence-corrected chi connectivity index (χ4v) is 2.22. The number of benzene rings is 2. The molecule has 2 aromatic carbocycles. The summed E-state index contributed by atoms with van der Waals surface area (Å²) in [6.07, 6.45) is 1.16. The number of nitrogens with one attached hydrogen (secondary N) is 2. The van der Waals surface area contributed by atoms with E-state index in [9.17, 15) is 19.7 Å². The average Bonchev–Trinajstić information content (AvgIpc) is 2.61. The number of nitrogens with two attached hydrogens (primary N) is 1. The number of carbonyl (C=O) groups excluding carboxylic acids is 2. The van der Waals surface area contributed by atoms with Crippen LogP contribution in [0.2, 0.25) is 5.02 Å². The van der Waals surface area contributed by atoms with Gasteiger partial charge in [0, 0.05) is 6.07 Å². The summed E-state index contributed by atoms with van der Waals surface area (Å²) < 4.78 is 0. The van der Waals surface area contributed by atoms with Crippen LogP contribution in [-0.2, 0) is 4.79 Å². The fraction of sp³-hybridized carbons (Fsp3) is 0. The van der Waals surface area contributed by atoms with Crippen molar-refractivity contribution < 1.29 is 14.5 Å². The molecule has 0 saturated carbocycles. The van der Waals surface area contributed by atoms with Crippen LogP contribution >= 0.6 is 11.6 Å². The van der Waals surface area contributed by atoms with Crippen LogP contribution in [0.5, 0.6) is 0 Å². The van der Waals surface area contributed by atoms with E-state index >= 15 is 0 Å². The zero-order valence-corrected chi connectivity index (χ0v) is 13.5. The Balaban J connectivity index is 2.41. The highest BCUT2D eigenvalue weighted by molar-refractivity contribution is 6.34. The Bertz CT molecular complexity index is 867. The first-order valence-electron chi connectivity index (χ1n) is 6.96. The van der Waals surface area contributed by atoms with E-state index in [1.165, 1.54) is 30.3 Å². The highest BCUT2D eigenvalue weighted by Gasteiger charge is 2.18. The molecule has 2 rings (SSSR count). The fourth-order valence-electron chi connectivity index (χ4n) is 2.00. The van der Waals surface area contributed by atoms with Gasteiger partial charge in [0.1, 0.15) is 5.70 Å². The van der Waals surface area contributed by atoms with Crippen molar-refractivity contribution in [2.75, 3.05) is 0 Å². The summed E-state index contributed by atoms with van der Waals surface area (Å²) in [5, 5.41) is 13.6. The molecule has 0 saturated heterocycles. The van der Waals surface area contributed by atoms with Crippen LogP contribution in [0.25, 0.3) is 6.08 Å². The number of rotatable bonds is 5. The number of halogens is 1. The predicted octanol–water partition coefficient (Wildman–Crippen LogP) is 2.01. The zero-order valence-electron chi connectivity index (χ0n) is 12.7. The second kappa shape index (κ2) is 8.04. The minimum atomic E-state index is -0.821. The molecule has 25 heavy (non-hydrogen) atoms. The number of nitro groups is 1. The van der Waals surface area contributed by atoms with E-state index in [4.69, 9.17) is 17.4 Å². The van der Waals surface area contributed by atoms with Crippen molar-refractivity contribution in [2.45, 2.75) is 0 Å². The number of nitrogens with zero attached hydrogens (tertiary/aromatic N) is 1. The van der Waals surface area contributed by atoms with Crippen molar-refractivity contribution in [3.63, 3.8) is 0 Å². The van der Waals surface area contributed by atoms with Gasteiger partial charge in [0.05, 0.1) is 21.1 Å². The van der Waals surface area contributed by atoms with Crippen molar-refractivity contribution in [3.8, 4) is 0 Å². The molecule has 0 aromatic heterocycles. The molecule has 9 heteroatoms. The Labute approximate surface area is 147 Å². The van der Waals surface area contributed by atoms with Gasteiger partial charge in [-0.2, -0.15) is 0 Å². The molecular weight excluding hydrogens is 348 g/mol. The molecule has 128 valence electrons. The summed E-state index contributed by atoms with van der Waals surface area (Å²) in [6.45, 7) is 0. The molecular formula is C16H13ClN4O4. The summed E-state index contributed by atoms with van der Waals surface area (Å²) in [4.78, 5) is 34.7. The first-order valence-corrected chi connectivity index (χ1v) is 7.33. The van der Waals surface area contributed by atoms with Gasteiger partial charge in [-0.1, -0.05) is 35.9 Å². The van der Waals surface area contributed by atoms with Gasteiger partial charge in [-0.15, -0.1) is 0 Å². The average molecular weight is 361 g/mol. The van der Waals surface area contributed by atoms with E-state index < -0.39 is 16.7 Å². The smallest absolute Gasteiger partial charge is 0.281 e. The van der Waals surface area contributed by atoms with Gasteiger partial charge in [-0.05, 0) is 24.3 Å². The first kappa shape index (κ1) is 18.1. The maximum atomic E-state index is 12.3. The number of para-hydroxylation sites is 1. The Kier molecular flexibility index (Phi) is 5.83. The summed E-state index contributed by atoms with van der Waals surface area (Å²) >= 11 is 5.95. The molecule has 2 aromatic rings. The van der Waals surface area contributed by atoms with Gasteiger partial charge in [-0.3, -0.25) is 25.1 Å². The van der Waals surface area contributed by atoms with Crippen molar-refractivity contribution in [1.29, 1.82) is 0 Å². The molecule has 0 aliphatic carbocycles. The number of carbonyl (C=O) groups is 2. The van der Waals surface area contributed by atoms with Crippen molar-refractivity contribution in [3.05, 3.63) is 80.5 Å². The minimum absolute atomic E-state index is 0.130. The normalized spacial score (nSPS) is 10.9. The van der Waals surface area contributed by atoms with Gasteiger partial charge in [-0.25, -0.2) is 5.84 Å². The standard InChI is InChI=1S/C16H13ClN4O4/c17-12-7-3-2-6-11(12)15(22)19-13(16(23)20-18)9-10-5-1-4-8-14(10)21(24)25/h1-9H,18H2,(H,19,22)(H,20,23)/b13-9-. The van der Waals surface area contributed by atoms with E-state index in [-0.39, 0.29) is 27.5 Å². The maximum absolute atomic E-state index is 12.3. The van der Waals surface area contributed by atoms with Crippen LogP contribution in [0.15, 0.2) is 54.2 Å². The van der Waals surface area contributed by atoms with E-state index in [0.717, 1.165) is 6.08 Å². The topological polar surface area (TPSA) is 127 Å². The number of hydrogen-bond donors (Lipinski definition) is 3. The Morgan fingerprint density at radius 1 is 1.12 bits per heavy atom. The highest BCUT2D eigenvalue weighted by Crippen LogP contribution is 2.21. The quantitative estimate of drug-likeness (QED) is 0.247. The molecule has 0 unspecified atom stereocenters. The van der Waals surface area contributed by atoms with E-state index in [1.54, 1.807) is 18.2 Å². The maximum Gasteiger partial charge on any atom is 0.281 e. The van der Waals surface area contributed by atoms with Crippen LogP contribution < -0.4 is 16.6 Å². The van der Waals surface area contributed by atoms with E-state index in [0.29, 0.717) is 0 Å². The molecule has 0 aliphatic rings. The predicted molar refractivity (Wildman–Crippen MR) is 92.3 cm³/mol. The molecule has 0 radical (unpaired) electrons. The Morgan fingerprint density at radius 2 is 1.76 bits per heavy atom. The number of amides is 2. The summed E-state index contributed by atoms with van der Waals surface area (Å²) in [7, 11) is 0. The summed E-state index contributed by atoms with van der Waals surface area (Å²) in [5.41, 5.74) is 1.66. The molecule has 0 aliphatic heterocycles. The largest absolute Gasteiger partial charge is 0.317 e. The monoisotopic (exact) mass is 360 g/mol. The van der Waals surface area contributed by atoms with Gasteiger partial charge in [0.25, 0.3) is 17.5 Å². The van der Waals surface area contributed by atoms with Crippen LogP contribution in [-0.4, -0.2) is 16.7 Å². The zero-order chi connectivity index (χ0) is 18.4. The number of hydrogen-bond acceptors (Lipinski definition) is 5. The van der Waals surface area contributed by atoms with Crippen LogP contribution in [0.3, 0.4) is 0 Å². The van der Waals surface area contributed by atoms with Gasteiger partial charge < -0.3 is 5.32 Å². The minimum Gasteiger partial charge on any atom is -0.317 e. The van der Waals surface area contributed by atoms with Crippen molar-refractivity contribution >= 4 is 35.2 Å². The van der Waals surface area contributed by atoms with E-state index in [2.05, 4.69) is 5.32 Å². The summed E-state index contributed by atoms with van der Waals surface area (Å²) in [6, 6.07) is 12.0. The molecule has 0 bridgehead atoms. The van der Waals surface area contributed by atoms with E-state index in [1.807, 2.05) is 5.43 Å². The van der Waals surface area contributed by atoms with Crippen molar-refractivity contribution in [2.24, 2.45) is 5.84 Å².